The summed E-state index contributed by atoms with van der Waals surface area (Å²) in [5.74, 6) is -0.0974. The minimum absolute atomic E-state index is 0.0721. The SMILES string of the molecule is O=C(Nc1cccc(NC(=O)C2CCCCC2)c1)c1ccccn1. The van der Waals surface area contributed by atoms with Gasteiger partial charge in [-0.15, -0.1) is 0 Å². The Morgan fingerprint density at radius 2 is 1.67 bits per heavy atom. The number of carbonyl (C=O) groups excluding carboxylic acids is 2. The molecular formula is C19H21N3O2. The van der Waals surface area contributed by atoms with Crippen LogP contribution in [0.2, 0.25) is 0 Å². The number of nitrogens with one attached hydrogen (secondary N) is 2. The normalized spacial score (nSPS) is 14.8. The average molecular weight is 323 g/mol. The van der Waals surface area contributed by atoms with Gasteiger partial charge in [-0.25, -0.2) is 0 Å². The van der Waals surface area contributed by atoms with Crippen molar-refractivity contribution in [3.05, 3.63) is 54.4 Å². The highest BCUT2D eigenvalue weighted by molar-refractivity contribution is 6.03. The number of amides is 2. The Morgan fingerprint density at radius 1 is 0.917 bits per heavy atom. The highest BCUT2D eigenvalue weighted by Gasteiger charge is 2.21. The van der Waals surface area contributed by atoms with Gasteiger partial charge in [-0.2, -0.15) is 0 Å². The van der Waals surface area contributed by atoms with Gasteiger partial charge in [0, 0.05) is 23.5 Å². The Balaban J connectivity index is 1.63. The molecule has 124 valence electrons. The Hall–Kier alpha value is -2.69. The molecule has 1 aromatic carbocycles. The predicted molar refractivity (Wildman–Crippen MR) is 93.8 cm³/mol. The lowest BCUT2D eigenvalue weighted by Crippen LogP contribution is -2.24. The molecule has 1 aromatic heterocycles. The Bertz CT molecular complexity index is 710. The van der Waals surface area contributed by atoms with Crippen molar-refractivity contribution in [3.63, 3.8) is 0 Å². The fourth-order valence-electron chi connectivity index (χ4n) is 2.98. The molecule has 1 aliphatic rings. The lowest BCUT2D eigenvalue weighted by molar-refractivity contribution is -0.120. The first-order valence-corrected chi connectivity index (χ1v) is 8.36. The number of hydrogen-bond donors (Lipinski definition) is 2. The number of hydrogen-bond acceptors (Lipinski definition) is 3. The van der Waals surface area contributed by atoms with E-state index in [9.17, 15) is 9.59 Å². The Kier molecular flexibility index (Phi) is 5.21. The molecule has 0 aliphatic heterocycles. The van der Waals surface area contributed by atoms with Gasteiger partial charge in [-0.3, -0.25) is 14.6 Å². The minimum atomic E-state index is -0.272. The summed E-state index contributed by atoms with van der Waals surface area (Å²) in [7, 11) is 0. The number of pyridine rings is 1. The molecule has 0 bridgehead atoms. The maximum Gasteiger partial charge on any atom is 0.274 e. The van der Waals surface area contributed by atoms with Crippen molar-refractivity contribution in [2.45, 2.75) is 32.1 Å². The molecule has 1 fully saturated rings. The van der Waals surface area contributed by atoms with Gasteiger partial charge < -0.3 is 10.6 Å². The first kappa shape index (κ1) is 16.2. The van der Waals surface area contributed by atoms with Crippen LogP contribution < -0.4 is 10.6 Å². The van der Waals surface area contributed by atoms with E-state index in [1.54, 1.807) is 36.5 Å². The van der Waals surface area contributed by atoms with Gasteiger partial charge in [0.1, 0.15) is 5.69 Å². The fourth-order valence-corrected chi connectivity index (χ4v) is 2.98. The molecule has 3 rings (SSSR count). The maximum atomic E-state index is 12.3. The first-order valence-electron chi connectivity index (χ1n) is 8.36. The van der Waals surface area contributed by atoms with Gasteiger partial charge >= 0.3 is 0 Å². The van der Waals surface area contributed by atoms with Crippen molar-refractivity contribution in [1.29, 1.82) is 0 Å². The molecule has 0 unspecified atom stereocenters. The molecule has 5 heteroatoms. The van der Waals surface area contributed by atoms with Crippen LogP contribution in [0.5, 0.6) is 0 Å². The third kappa shape index (κ3) is 4.19. The van der Waals surface area contributed by atoms with Crippen molar-refractivity contribution in [3.8, 4) is 0 Å². The van der Waals surface area contributed by atoms with Crippen molar-refractivity contribution in [2.24, 2.45) is 5.92 Å². The molecule has 0 spiro atoms. The van der Waals surface area contributed by atoms with Gasteiger partial charge in [-0.1, -0.05) is 31.4 Å². The number of carbonyl (C=O) groups is 2. The second-order valence-electron chi connectivity index (χ2n) is 6.07. The Labute approximate surface area is 141 Å². The van der Waals surface area contributed by atoms with Crippen LogP contribution in [-0.2, 0) is 4.79 Å². The second kappa shape index (κ2) is 7.73. The van der Waals surface area contributed by atoms with Crippen LogP contribution in [0, 0.1) is 5.92 Å². The Morgan fingerprint density at radius 3 is 2.38 bits per heavy atom. The van der Waals surface area contributed by atoms with Crippen molar-refractivity contribution in [2.75, 3.05) is 10.6 Å². The molecule has 1 aliphatic carbocycles. The topological polar surface area (TPSA) is 71.1 Å². The van der Waals surface area contributed by atoms with E-state index in [4.69, 9.17) is 0 Å². The van der Waals surface area contributed by atoms with Crippen molar-refractivity contribution >= 4 is 23.2 Å². The molecular weight excluding hydrogens is 302 g/mol. The minimum Gasteiger partial charge on any atom is -0.326 e. The smallest absolute Gasteiger partial charge is 0.274 e. The van der Waals surface area contributed by atoms with E-state index in [1.165, 1.54) is 6.42 Å². The van der Waals surface area contributed by atoms with E-state index in [-0.39, 0.29) is 17.7 Å². The number of rotatable bonds is 4. The highest BCUT2D eigenvalue weighted by atomic mass is 16.2. The summed E-state index contributed by atoms with van der Waals surface area (Å²) < 4.78 is 0. The molecule has 2 amide bonds. The summed E-state index contributed by atoms with van der Waals surface area (Å²) in [6.07, 6.45) is 6.97. The van der Waals surface area contributed by atoms with Gasteiger partial charge in [0.25, 0.3) is 5.91 Å². The van der Waals surface area contributed by atoms with Crippen LogP contribution in [0.15, 0.2) is 48.7 Å². The zero-order valence-corrected chi connectivity index (χ0v) is 13.5. The number of aromatic nitrogens is 1. The van der Waals surface area contributed by atoms with E-state index >= 15 is 0 Å². The molecule has 24 heavy (non-hydrogen) atoms. The van der Waals surface area contributed by atoms with E-state index in [0.717, 1.165) is 25.7 Å². The van der Waals surface area contributed by atoms with Crippen LogP contribution in [0.3, 0.4) is 0 Å². The van der Waals surface area contributed by atoms with Gasteiger partial charge in [0.05, 0.1) is 0 Å². The number of benzene rings is 1. The summed E-state index contributed by atoms with van der Waals surface area (Å²) in [4.78, 5) is 28.5. The maximum absolute atomic E-state index is 12.3. The van der Waals surface area contributed by atoms with E-state index in [1.807, 2.05) is 12.1 Å². The third-order valence-electron chi connectivity index (χ3n) is 4.26. The lowest BCUT2D eigenvalue weighted by atomic mass is 9.88. The monoisotopic (exact) mass is 323 g/mol. The fraction of sp³-hybridized carbons (Fsp3) is 0.316. The van der Waals surface area contributed by atoms with Crippen LogP contribution in [-0.4, -0.2) is 16.8 Å². The summed E-state index contributed by atoms with van der Waals surface area (Å²) >= 11 is 0. The van der Waals surface area contributed by atoms with Crippen LogP contribution >= 0.6 is 0 Å². The molecule has 2 N–H and O–H groups in total. The average Bonchev–Trinajstić information content (AvgIpc) is 2.63. The summed E-state index contributed by atoms with van der Waals surface area (Å²) in [6.45, 7) is 0. The van der Waals surface area contributed by atoms with Crippen molar-refractivity contribution < 1.29 is 9.59 Å². The second-order valence-corrected chi connectivity index (χ2v) is 6.07. The van der Waals surface area contributed by atoms with Crippen LogP contribution in [0.1, 0.15) is 42.6 Å². The van der Waals surface area contributed by atoms with Gasteiger partial charge in [0.15, 0.2) is 0 Å². The van der Waals surface area contributed by atoms with E-state index in [0.29, 0.717) is 17.1 Å². The number of nitrogens with zero attached hydrogens (tertiary/aromatic N) is 1. The standard InChI is InChI=1S/C19H21N3O2/c23-18(14-7-2-1-3-8-14)21-15-9-6-10-16(13-15)22-19(24)17-11-4-5-12-20-17/h4-6,9-14H,1-3,7-8H2,(H,21,23)(H,22,24). The lowest BCUT2D eigenvalue weighted by Gasteiger charge is -2.20. The molecule has 1 heterocycles. The molecule has 1 saturated carbocycles. The van der Waals surface area contributed by atoms with Gasteiger partial charge in [0.2, 0.25) is 5.91 Å². The summed E-state index contributed by atoms with van der Waals surface area (Å²) in [5, 5.41) is 5.76. The van der Waals surface area contributed by atoms with Crippen molar-refractivity contribution in [1.82, 2.24) is 4.98 Å². The number of anilines is 2. The molecule has 0 saturated heterocycles. The van der Waals surface area contributed by atoms with E-state index < -0.39 is 0 Å². The third-order valence-corrected chi connectivity index (χ3v) is 4.26. The summed E-state index contributed by atoms with van der Waals surface area (Å²) in [5.41, 5.74) is 1.69. The van der Waals surface area contributed by atoms with Crippen LogP contribution in [0.4, 0.5) is 11.4 Å². The van der Waals surface area contributed by atoms with Gasteiger partial charge in [-0.05, 0) is 43.2 Å². The zero-order chi connectivity index (χ0) is 16.8. The molecule has 0 atom stereocenters. The molecule has 5 nitrogen and oxygen atoms in total. The molecule has 2 aromatic rings. The van der Waals surface area contributed by atoms with E-state index in [2.05, 4.69) is 15.6 Å². The largest absolute Gasteiger partial charge is 0.326 e. The quantitative estimate of drug-likeness (QED) is 0.897. The first-order chi connectivity index (χ1) is 11.7. The molecule has 0 radical (unpaired) electrons. The highest BCUT2D eigenvalue weighted by Crippen LogP contribution is 2.25. The predicted octanol–water partition coefficient (Wildman–Crippen LogP) is 3.85. The summed E-state index contributed by atoms with van der Waals surface area (Å²) in [6, 6.07) is 12.4. The zero-order valence-electron chi connectivity index (χ0n) is 13.5. The van der Waals surface area contributed by atoms with Crippen LogP contribution in [0.25, 0.3) is 0 Å².